The summed E-state index contributed by atoms with van der Waals surface area (Å²) in [6, 6.07) is 4.86. The lowest BCUT2D eigenvalue weighted by Gasteiger charge is -2.35. The fourth-order valence-electron chi connectivity index (χ4n) is 2.74. The van der Waals surface area contributed by atoms with E-state index in [1.165, 1.54) is 13.2 Å². The van der Waals surface area contributed by atoms with Crippen LogP contribution in [0.15, 0.2) is 18.2 Å². The van der Waals surface area contributed by atoms with E-state index in [1.807, 2.05) is 6.07 Å². The first-order valence-corrected chi connectivity index (χ1v) is 6.64. The Balaban J connectivity index is 2.02. The molecule has 0 radical (unpaired) electrons. The SMILES string of the molecule is COc1ccc(CC2(O)CCC(OC)CC2)cc1F. The molecule has 0 aliphatic heterocycles. The first kappa shape index (κ1) is 14.3. The number of halogens is 1. The molecule has 106 valence electrons. The van der Waals surface area contributed by atoms with Crippen molar-refractivity contribution < 1.29 is 19.0 Å². The van der Waals surface area contributed by atoms with Gasteiger partial charge in [0, 0.05) is 13.5 Å². The van der Waals surface area contributed by atoms with Crippen LogP contribution in [-0.2, 0) is 11.2 Å². The molecule has 0 atom stereocenters. The molecule has 1 saturated carbocycles. The first-order valence-electron chi connectivity index (χ1n) is 6.64. The molecule has 0 aromatic heterocycles. The van der Waals surface area contributed by atoms with Crippen LogP contribution in [0.4, 0.5) is 4.39 Å². The molecule has 0 spiro atoms. The maximum Gasteiger partial charge on any atom is 0.165 e. The number of rotatable bonds is 4. The van der Waals surface area contributed by atoms with Crippen molar-refractivity contribution in [1.82, 2.24) is 0 Å². The van der Waals surface area contributed by atoms with Gasteiger partial charge in [0.1, 0.15) is 0 Å². The van der Waals surface area contributed by atoms with E-state index in [2.05, 4.69) is 0 Å². The van der Waals surface area contributed by atoms with Crippen LogP contribution in [-0.4, -0.2) is 31.0 Å². The molecule has 1 aromatic rings. The Morgan fingerprint density at radius 2 is 2.00 bits per heavy atom. The summed E-state index contributed by atoms with van der Waals surface area (Å²) >= 11 is 0. The second-order valence-electron chi connectivity index (χ2n) is 5.31. The number of methoxy groups -OCH3 is 2. The van der Waals surface area contributed by atoms with Crippen LogP contribution >= 0.6 is 0 Å². The van der Waals surface area contributed by atoms with Crippen LogP contribution < -0.4 is 4.74 Å². The Labute approximate surface area is 113 Å². The van der Waals surface area contributed by atoms with E-state index in [0.29, 0.717) is 19.3 Å². The highest BCUT2D eigenvalue weighted by molar-refractivity contribution is 5.30. The highest BCUT2D eigenvalue weighted by Crippen LogP contribution is 2.33. The Morgan fingerprint density at radius 3 is 2.53 bits per heavy atom. The van der Waals surface area contributed by atoms with Crippen molar-refractivity contribution in [2.75, 3.05) is 14.2 Å². The van der Waals surface area contributed by atoms with E-state index >= 15 is 0 Å². The average Bonchev–Trinajstić information content (AvgIpc) is 2.39. The Bertz CT molecular complexity index is 425. The third-order valence-electron chi connectivity index (χ3n) is 3.95. The number of aliphatic hydroxyl groups is 1. The van der Waals surface area contributed by atoms with Crippen molar-refractivity contribution >= 4 is 0 Å². The molecule has 1 aliphatic carbocycles. The van der Waals surface area contributed by atoms with Gasteiger partial charge in [-0.2, -0.15) is 0 Å². The fourth-order valence-corrected chi connectivity index (χ4v) is 2.74. The van der Waals surface area contributed by atoms with E-state index in [1.54, 1.807) is 13.2 Å². The minimum atomic E-state index is -0.740. The van der Waals surface area contributed by atoms with Gasteiger partial charge in [-0.3, -0.25) is 0 Å². The van der Waals surface area contributed by atoms with Gasteiger partial charge in [-0.15, -0.1) is 0 Å². The molecule has 1 aliphatic rings. The second-order valence-corrected chi connectivity index (χ2v) is 5.31. The monoisotopic (exact) mass is 268 g/mol. The predicted octanol–water partition coefficient (Wildman–Crippen LogP) is 2.70. The summed E-state index contributed by atoms with van der Waals surface area (Å²) in [5, 5.41) is 10.5. The minimum Gasteiger partial charge on any atom is -0.494 e. The van der Waals surface area contributed by atoms with Crippen molar-refractivity contribution in [3.63, 3.8) is 0 Å². The molecule has 0 heterocycles. The van der Waals surface area contributed by atoms with Crippen LogP contribution in [0, 0.1) is 5.82 Å². The highest BCUT2D eigenvalue weighted by atomic mass is 19.1. The summed E-state index contributed by atoms with van der Waals surface area (Å²) < 4.78 is 23.8. The van der Waals surface area contributed by atoms with Gasteiger partial charge < -0.3 is 14.6 Å². The largest absolute Gasteiger partial charge is 0.494 e. The summed E-state index contributed by atoms with van der Waals surface area (Å²) in [6.07, 6.45) is 3.81. The molecular weight excluding hydrogens is 247 g/mol. The zero-order valence-electron chi connectivity index (χ0n) is 11.5. The molecule has 1 fully saturated rings. The zero-order chi connectivity index (χ0) is 13.9. The molecule has 1 N–H and O–H groups in total. The molecule has 0 amide bonds. The van der Waals surface area contributed by atoms with Crippen molar-refractivity contribution in [2.45, 2.75) is 43.8 Å². The molecule has 4 heteroatoms. The van der Waals surface area contributed by atoms with Crippen LogP contribution in [0.1, 0.15) is 31.2 Å². The van der Waals surface area contributed by atoms with E-state index in [-0.39, 0.29) is 17.7 Å². The third kappa shape index (κ3) is 3.45. The lowest BCUT2D eigenvalue weighted by molar-refractivity contribution is -0.0427. The van der Waals surface area contributed by atoms with Crippen LogP contribution in [0.2, 0.25) is 0 Å². The van der Waals surface area contributed by atoms with E-state index in [4.69, 9.17) is 9.47 Å². The summed E-state index contributed by atoms with van der Waals surface area (Å²) in [4.78, 5) is 0. The lowest BCUT2D eigenvalue weighted by Crippen LogP contribution is -2.38. The van der Waals surface area contributed by atoms with E-state index in [0.717, 1.165) is 18.4 Å². The van der Waals surface area contributed by atoms with Crippen LogP contribution in [0.5, 0.6) is 5.75 Å². The smallest absolute Gasteiger partial charge is 0.165 e. The molecule has 0 unspecified atom stereocenters. The van der Waals surface area contributed by atoms with E-state index in [9.17, 15) is 9.50 Å². The summed E-state index contributed by atoms with van der Waals surface area (Å²) in [5.74, 6) is -0.145. The first-order chi connectivity index (χ1) is 9.06. The van der Waals surface area contributed by atoms with Gasteiger partial charge in [-0.05, 0) is 43.4 Å². The molecule has 1 aromatic carbocycles. The quantitative estimate of drug-likeness (QED) is 0.912. The Kier molecular flexibility index (Phi) is 4.42. The lowest BCUT2D eigenvalue weighted by atomic mass is 9.79. The number of benzene rings is 1. The Morgan fingerprint density at radius 1 is 1.32 bits per heavy atom. The summed E-state index contributed by atoms with van der Waals surface area (Å²) in [5.41, 5.74) is 0.0624. The Hall–Kier alpha value is -1.13. The maximum atomic E-state index is 13.6. The van der Waals surface area contributed by atoms with Crippen molar-refractivity contribution in [3.05, 3.63) is 29.6 Å². The average molecular weight is 268 g/mol. The molecule has 0 saturated heterocycles. The van der Waals surface area contributed by atoms with Gasteiger partial charge in [-0.25, -0.2) is 4.39 Å². The maximum absolute atomic E-state index is 13.6. The fraction of sp³-hybridized carbons (Fsp3) is 0.600. The molecule has 3 nitrogen and oxygen atoms in total. The molecular formula is C15H21FO3. The number of ether oxygens (including phenoxy) is 2. The normalized spacial score (nSPS) is 27.3. The summed E-state index contributed by atoms with van der Waals surface area (Å²) in [6.45, 7) is 0. The van der Waals surface area contributed by atoms with Gasteiger partial charge in [0.15, 0.2) is 11.6 Å². The molecule has 0 bridgehead atoms. The van der Waals surface area contributed by atoms with E-state index < -0.39 is 5.60 Å². The third-order valence-corrected chi connectivity index (χ3v) is 3.95. The van der Waals surface area contributed by atoms with Crippen molar-refractivity contribution in [2.24, 2.45) is 0 Å². The van der Waals surface area contributed by atoms with Gasteiger partial charge in [0.2, 0.25) is 0 Å². The standard InChI is InChI=1S/C15H21FO3/c1-18-12-5-7-15(17,8-6-12)10-11-3-4-14(19-2)13(16)9-11/h3-4,9,12,17H,5-8,10H2,1-2H3. The molecule has 2 rings (SSSR count). The highest BCUT2D eigenvalue weighted by Gasteiger charge is 2.33. The minimum absolute atomic E-state index is 0.235. The number of hydrogen-bond acceptors (Lipinski definition) is 3. The topological polar surface area (TPSA) is 38.7 Å². The van der Waals surface area contributed by atoms with Gasteiger partial charge >= 0.3 is 0 Å². The van der Waals surface area contributed by atoms with Gasteiger partial charge in [-0.1, -0.05) is 6.07 Å². The van der Waals surface area contributed by atoms with Crippen molar-refractivity contribution in [1.29, 1.82) is 0 Å². The second kappa shape index (κ2) is 5.88. The van der Waals surface area contributed by atoms with Crippen LogP contribution in [0.3, 0.4) is 0 Å². The number of hydrogen-bond donors (Lipinski definition) is 1. The zero-order valence-corrected chi connectivity index (χ0v) is 11.5. The summed E-state index contributed by atoms with van der Waals surface area (Å²) in [7, 11) is 3.14. The van der Waals surface area contributed by atoms with Gasteiger partial charge in [0.05, 0.1) is 18.8 Å². The molecule has 19 heavy (non-hydrogen) atoms. The van der Waals surface area contributed by atoms with Crippen LogP contribution in [0.25, 0.3) is 0 Å². The van der Waals surface area contributed by atoms with Crippen molar-refractivity contribution in [3.8, 4) is 5.75 Å². The predicted molar refractivity (Wildman–Crippen MR) is 70.9 cm³/mol. The van der Waals surface area contributed by atoms with Gasteiger partial charge in [0.25, 0.3) is 0 Å².